The van der Waals surface area contributed by atoms with Crippen molar-refractivity contribution in [3.05, 3.63) is 71.2 Å². The highest BCUT2D eigenvalue weighted by Crippen LogP contribution is 2.27. The predicted octanol–water partition coefficient (Wildman–Crippen LogP) is 4.60. The second kappa shape index (κ2) is 6.30. The summed E-state index contributed by atoms with van der Waals surface area (Å²) in [5, 5.41) is 11.6. The first-order chi connectivity index (χ1) is 8.04. The van der Waals surface area contributed by atoms with Crippen LogP contribution in [0.3, 0.4) is 0 Å². The van der Waals surface area contributed by atoms with Gasteiger partial charge in [0.05, 0.1) is 0 Å². The molecule has 0 saturated heterocycles. The number of aliphatic hydroxyl groups excluding tert-OH is 1. The topological polar surface area (TPSA) is 20.2 Å². The van der Waals surface area contributed by atoms with Crippen LogP contribution < -0.4 is 0 Å². The van der Waals surface area contributed by atoms with Crippen LogP contribution in [0.4, 0.5) is 4.39 Å². The number of allylic oxidation sites excluding steroid dienone is 6. The quantitative estimate of drug-likeness (QED) is 0.581. The van der Waals surface area contributed by atoms with Gasteiger partial charge in [-0.2, -0.15) is 0 Å². The summed E-state index contributed by atoms with van der Waals surface area (Å²) in [6, 6.07) is 0. The Labute approximate surface area is 105 Å². The zero-order valence-corrected chi connectivity index (χ0v) is 10.6. The van der Waals surface area contributed by atoms with Crippen molar-refractivity contribution in [2.24, 2.45) is 0 Å². The first-order valence-corrected chi connectivity index (χ1v) is 6.19. The second-order valence-corrected chi connectivity index (χ2v) is 4.40. The molecule has 90 valence electrons. The molecule has 0 fully saturated rings. The van der Waals surface area contributed by atoms with E-state index in [4.69, 9.17) is 0 Å². The molecular weight excluding hydrogens is 235 g/mol. The summed E-state index contributed by atoms with van der Waals surface area (Å²) in [6.07, 6.45) is 6.17. The Morgan fingerprint density at radius 1 is 1.59 bits per heavy atom. The molecule has 1 heterocycles. The van der Waals surface area contributed by atoms with E-state index < -0.39 is 5.83 Å². The summed E-state index contributed by atoms with van der Waals surface area (Å²) in [6.45, 7) is 8.75. The lowest BCUT2D eigenvalue weighted by molar-refractivity contribution is 0.425. The number of hydrogen-bond donors (Lipinski definition) is 1. The van der Waals surface area contributed by atoms with Gasteiger partial charge >= 0.3 is 0 Å². The van der Waals surface area contributed by atoms with Crippen molar-refractivity contribution in [3.8, 4) is 0 Å². The maximum absolute atomic E-state index is 12.7. The van der Waals surface area contributed by atoms with Gasteiger partial charge in [-0.25, -0.2) is 4.39 Å². The van der Waals surface area contributed by atoms with Gasteiger partial charge in [0, 0.05) is 11.3 Å². The summed E-state index contributed by atoms with van der Waals surface area (Å²) in [4.78, 5) is 0. The molecule has 17 heavy (non-hydrogen) atoms. The van der Waals surface area contributed by atoms with Gasteiger partial charge in [0.1, 0.15) is 11.6 Å². The predicted molar refractivity (Wildman–Crippen MR) is 73.5 cm³/mol. The monoisotopic (exact) mass is 250 g/mol. The van der Waals surface area contributed by atoms with Crippen LogP contribution in [0.5, 0.6) is 0 Å². The molecular formula is C14H15FOS. The minimum absolute atomic E-state index is 0.0249. The van der Waals surface area contributed by atoms with Gasteiger partial charge in [-0.1, -0.05) is 25.3 Å². The summed E-state index contributed by atoms with van der Waals surface area (Å²) < 4.78 is 12.7. The average Bonchev–Trinajstić information content (AvgIpc) is 2.68. The average molecular weight is 250 g/mol. The van der Waals surface area contributed by atoms with Crippen LogP contribution in [0.2, 0.25) is 0 Å². The minimum Gasteiger partial charge on any atom is -0.508 e. The zero-order valence-electron chi connectivity index (χ0n) is 9.74. The number of hydrogen-bond acceptors (Lipinski definition) is 2. The van der Waals surface area contributed by atoms with Crippen LogP contribution in [-0.4, -0.2) is 10.9 Å². The molecule has 0 amide bonds. The van der Waals surface area contributed by atoms with E-state index in [1.165, 1.54) is 12.2 Å². The molecule has 1 nitrogen and oxygen atoms in total. The molecule has 0 unspecified atom stereocenters. The lowest BCUT2D eigenvalue weighted by atomic mass is 10.1. The van der Waals surface area contributed by atoms with Gasteiger partial charge in [-0.05, 0) is 35.6 Å². The van der Waals surface area contributed by atoms with Gasteiger partial charge < -0.3 is 5.11 Å². The van der Waals surface area contributed by atoms with E-state index in [2.05, 4.69) is 13.2 Å². The Balaban J connectivity index is 2.91. The van der Waals surface area contributed by atoms with Crippen molar-refractivity contribution in [1.82, 2.24) is 0 Å². The number of aliphatic hydroxyl groups is 1. The Morgan fingerprint density at radius 3 is 2.76 bits per heavy atom. The van der Waals surface area contributed by atoms with Crippen molar-refractivity contribution in [1.29, 1.82) is 0 Å². The highest BCUT2D eigenvalue weighted by Gasteiger charge is 2.07. The molecule has 0 spiro atoms. The minimum atomic E-state index is -0.591. The molecule has 1 N–H and O–H groups in total. The SMILES string of the molecule is C=C(F)/C=C(/C=C/C1=CSCC1=C)C(\O)=C/C. The first kappa shape index (κ1) is 13.6. The Morgan fingerprint density at radius 2 is 2.29 bits per heavy atom. The van der Waals surface area contributed by atoms with Crippen molar-refractivity contribution in [2.75, 3.05) is 5.75 Å². The largest absolute Gasteiger partial charge is 0.508 e. The summed E-state index contributed by atoms with van der Waals surface area (Å²) in [5.74, 6) is 0.313. The summed E-state index contributed by atoms with van der Waals surface area (Å²) >= 11 is 1.67. The number of thioether (sulfide) groups is 1. The van der Waals surface area contributed by atoms with E-state index >= 15 is 0 Å². The normalized spacial score (nSPS) is 17.8. The molecule has 0 atom stereocenters. The molecule has 0 radical (unpaired) electrons. The van der Waals surface area contributed by atoms with E-state index in [0.717, 1.165) is 16.9 Å². The maximum Gasteiger partial charge on any atom is 0.118 e. The molecule has 0 aromatic rings. The first-order valence-electron chi connectivity index (χ1n) is 5.14. The maximum atomic E-state index is 12.7. The van der Waals surface area contributed by atoms with E-state index in [1.807, 2.05) is 11.5 Å². The standard InChI is InChI=1S/C14H15FOS/c1-4-14(16)12(7-11(3)15)5-6-13-9-17-8-10(13)2/h4-7,9,16H,2-3,8H2,1H3/b6-5+,12-7-,14-4+. The van der Waals surface area contributed by atoms with Crippen LogP contribution in [0.15, 0.2) is 71.2 Å². The van der Waals surface area contributed by atoms with E-state index in [1.54, 1.807) is 24.8 Å². The molecule has 1 aliphatic heterocycles. The second-order valence-electron chi connectivity index (χ2n) is 3.54. The van der Waals surface area contributed by atoms with Gasteiger partial charge in [0.25, 0.3) is 0 Å². The van der Waals surface area contributed by atoms with Crippen molar-refractivity contribution >= 4 is 11.8 Å². The Hall–Kier alpha value is -1.48. The molecule has 0 aromatic heterocycles. The van der Waals surface area contributed by atoms with Crippen LogP contribution in [0.1, 0.15) is 6.92 Å². The van der Waals surface area contributed by atoms with E-state index in [9.17, 15) is 9.50 Å². The van der Waals surface area contributed by atoms with E-state index in [0.29, 0.717) is 5.57 Å². The number of halogens is 1. The molecule has 3 heteroatoms. The molecule has 0 aromatic carbocycles. The Bertz CT molecular complexity index is 453. The highest BCUT2D eigenvalue weighted by atomic mass is 32.2. The zero-order chi connectivity index (χ0) is 12.8. The van der Waals surface area contributed by atoms with Gasteiger partial charge in [-0.15, -0.1) is 11.8 Å². The molecule has 1 rings (SSSR count). The van der Waals surface area contributed by atoms with Crippen LogP contribution >= 0.6 is 11.8 Å². The summed E-state index contributed by atoms with van der Waals surface area (Å²) in [7, 11) is 0. The molecule has 0 aliphatic carbocycles. The molecule has 0 saturated carbocycles. The van der Waals surface area contributed by atoms with Crippen LogP contribution in [-0.2, 0) is 0 Å². The molecule has 0 bridgehead atoms. The van der Waals surface area contributed by atoms with E-state index in [-0.39, 0.29) is 5.76 Å². The smallest absolute Gasteiger partial charge is 0.118 e. The fourth-order valence-electron chi connectivity index (χ4n) is 1.28. The van der Waals surface area contributed by atoms with Crippen molar-refractivity contribution in [3.63, 3.8) is 0 Å². The Kier molecular flexibility index (Phi) is 5.04. The highest BCUT2D eigenvalue weighted by molar-refractivity contribution is 8.02. The van der Waals surface area contributed by atoms with Gasteiger partial charge in [0.2, 0.25) is 0 Å². The fourth-order valence-corrected chi connectivity index (χ4v) is 2.15. The fraction of sp³-hybridized carbons (Fsp3) is 0.143. The summed E-state index contributed by atoms with van der Waals surface area (Å²) in [5.41, 5.74) is 2.43. The van der Waals surface area contributed by atoms with Crippen molar-refractivity contribution < 1.29 is 9.50 Å². The van der Waals surface area contributed by atoms with Crippen LogP contribution in [0.25, 0.3) is 0 Å². The third kappa shape index (κ3) is 4.11. The molecule has 1 aliphatic rings. The van der Waals surface area contributed by atoms with Crippen LogP contribution in [0, 0.1) is 0 Å². The lowest BCUT2D eigenvalue weighted by Gasteiger charge is -2.01. The third-order valence-corrected chi connectivity index (χ3v) is 3.14. The third-order valence-electron chi connectivity index (χ3n) is 2.20. The van der Waals surface area contributed by atoms with Gasteiger partial charge in [0.15, 0.2) is 0 Å². The lowest BCUT2D eigenvalue weighted by Crippen LogP contribution is -1.86. The van der Waals surface area contributed by atoms with Gasteiger partial charge in [-0.3, -0.25) is 0 Å². The van der Waals surface area contributed by atoms with Crippen molar-refractivity contribution in [2.45, 2.75) is 6.92 Å². The number of rotatable bonds is 4.